The van der Waals surface area contributed by atoms with Crippen molar-refractivity contribution in [3.63, 3.8) is 0 Å². The molecule has 1 saturated carbocycles. The SMILES string of the molecule is CN(c1nc(C(F)(F)F)ccc1Cl)N1C(=O)[C@H]2[C@H](CC=C3[C@H]2C[C@@]2(Cl)C(=O)N(c4c(F)c(F)c(F)c(F)c4F)C(=O)[C@@]2(Cl)[C@H]3c2ccc(O)c3ccccc23)C1=O. The molecule has 2 aliphatic carbocycles. The van der Waals surface area contributed by atoms with Crippen LogP contribution in [0.1, 0.15) is 30.0 Å². The fourth-order valence-corrected chi connectivity index (χ4v) is 9.81. The molecule has 3 fully saturated rings. The van der Waals surface area contributed by atoms with Crippen molar-refractivity contribution in [1.29, 1.82) is 0 Å². The number of amides is 4. The Kier molecular flexibility index (Phi) is 8.69. The zero-order valence-corrected chi connectivity index (χ0v) is 30.7. The van der Waals surface area contributed by atoms with Gasteiger partial charge < -0.3 is 5.11 Å². The first kappa shape index (κ1) is 38.9. The maximum absolute atomic E-state index is 15.4. The second-order valence-electron chi connectivity index (χ2n) is 13.9. The molecule has 57 heavy (non-hydrogen) atoms. The normalized spacial score (nSPS) is 27.2. The Bertz CT molecular complexity index is 2530. The number of phenolic OH excluding ortho intramolecular Hbond substituents is 1. The molecule has 4 aliphatic rings. The number of hydrazine groups is 1. The van der Waals surface area contributed by atoms with Gasteiger partial charge in [0.2, 0.25) is 5.82 Å². The summed E-state index contributed by atoms with van der Waals surface area (Å²) in [5.41, 5.74) is -3.16. The van der Waals surface area contributed by atoms with E-state index in [-0.39, 0.29) is 44.0 Å². The number of phenols is 1. The highest BCUT2D eigenvalue weighted by atomic mass is 35.5. The fraction of sp³-hybridized carbons (Fsp3) is 0.270. The van der Waals surface area contributed by atoms with Crippen molar-refractivity contribution in [3.05, 3.63) is 106 Å². The molecule has 2 aliphatic heterocycles. The number of aromatic hydroxyl groups is 1. The molecule has 2 saturated heterocycles. The largest absolute Gasteiger partial charge is 0.507 e. The number of carbonyl (C=O) groups is 4. The number of nitrogens with zero attached hydrogens (tertiary/aromatic N) is 4. The minimum Gasteiger partial charge on any atom is -0.507 e. The van der Waals surface area contributed by atoms with Gasteiger partial charge in [0.1, 0.15) is 17.1 Å². The first-order valence-corrected chi connectivity index (χ1v) is 17.9. The lowest BCUT2D eigenvalue weighted by Crippen LogP contribution is -2.60. The van der Waals surface area contributed by atoms with Gasteiger partial charge in [-0.15, -0.1) is 23.2 Å². The lowest BCUT2D eigenvalue weighted by Gasteiger charge is -2.51. The molecule has 0 radical (unpaired) electrons. The van der Waals surface area contributed by atoms with Gasteiger partial charge in [0.15, 0.2) is 38.8 Å². The number of hydrogen-bond donors (Lipinski definition) is 1. The second kappa shape index (κ2) is 12.8. The molecule has 9 nitrogen and oxygen atoms in total. The standard InChI is InChI=1S/C37H21Cl3F8N4O5/c1-50(30-19(38)9-11-21(49-30)37(46,47)48)52-31(54)17-7-6-16-18(22(17)32(52)55)12-35(39)33(56)51(29-27(44)25(42)24(41)26(43)28(29)45)34(57)36(35,40)23(16)15-8-10-20(53)14-5-3-2-4-13(14)15/h2-6,8-11,17-18,22-23,53H,7,12H2,1H3/t17-,18+,22-,23-,35+,36-/m0/s1. The lowest BCUT2D eigenvalue weighted by atomic mass is 9.56. The van der Waals surface area contributed by atoms with Crippen LogP contribution in [-0.2, 0) is 25.4 Å². The highest BCUT2D eigenvalue weighted by Crippen LogP contribution is 2.66. The number of carbonyl (C=O) groups excluding carboxylic acids is 4. The number of aromatic nitrogens is 1. The predicted molar refractivity (Wildman–Crippen MR) is 187 cm³/mol. The molecule has 0 spiro atoms. The monoisotopic (exact) mass is 858 g/mol. The van der Waals surface area contributed by atoms with E-state index in [0.29, 0.717) is 11.1 Å². The molecular formula is C37H21Cl3F8N4O5. The van der Waals surface area contributed by atoms with E-state index in [1.54, 1.807) is 6.07 Å². The summed E-state index contributed by atoms with van der Waals surface area (Å²) in [5, 5.41) is 12.0. The van der Waals surface area contributed by atoms with Crippen LogP contribution >= 0.6 is 34.8 Å². The van der Waals surface area contributed by atoms with Crippen LogP contribution in [0.5, 0.6) is 5.75 Å². The maximum atomic E-state index is 15.4. The zero-order chi connectivity index (χ0) is 41.4. The number of alkyl halides is 5. The quantitative estimate of drug-likeness (QED) is 0.0555. The van der Waals surface area contributed by atoms with E-state index < -0.39 is 116 Å². The Hall–Kier alpha value is -5.00. The summed E-state index contributed by atoms with van der Waals surface area (Å²) >= 11 is 20.6. The molecule has 6 atom stereocenters. The van der Waals surface area contributed by atoms with Gasteiger partial charge in [-0.25, -0.2) is 31.8 Å². The summed E-state index contributed by atoms with van der Waals surface area (Å²) < 4.78 is 115. The molecule has 1 aromatic heterocycles. The smallest absolute Gasteiger partial charge is 0.433 e. The number of pyridine rings is 1. The topological polar surface area (TPSA) is 111 Å². The van der Waals surface area contributed by atoms with E-state index in [1.165, 1.54) is 36.4 Å². The number of halogens is 11. The van der Waals surface area contributed by atoms with Crippen LogP contribution in [0.25, 0.3) is 10.8 Å². The molecular weight excluding hydrogens is 839 g/mol. The Morgan fingerprint density at radius 3 is 2.07 bits per heavy atom. The molecule has 20 heteroatoms. The molecule has 4 amide bonds. The summed E-state index contributed by atoms with van der Waals surface area (Å²) in [6.07, 6.45) is -4.58. The van der Waals surface area contributed by atoms with E-state index in [2.05, 4.69) is 4.98 Å². The number of anilines is 2. The highest BCUT2D eigenvalue weighted by Gasteiger charge is 2.77. The Morgan fingerprint density at radius 2 is 1.44 bits per heavy atom. The third-order valence-corrected chi connectivity index (χ3v) is 12.9. The minimum absolute atomic E-state index is 0.0731. The Labute approximate surface area is 329 Å². The zero-order valence-electron chi connectivity index (χ0n) is 28.4. The van der Waals surface area contributed by atoms with Crippen molar-refractivity contribution in [2.75, 3.05) is 17.0 Å². The van der Waals surface area contributed by atoms with Gasteiger partial charge in [0.05, 0.1) is 16.9 Å². The van der Waals surface area contributed by atoms with Crippen LogP contribution < -0.4 is 9.91 Å². The number of benzene rings is 3. The van der Waals surface area contributed by atoms with Gasteiger partial charge >= 0.3 is 6.18 Å². The van der Waals surface area contributed by atoms with Gasteiger partial charge in [-0.05, 0) is 47.9 Å². The Balaban J connectivity index is 1.32. The van der Waals surface area contributed by atoms with Gasteiger partial charge in [0.25, 0.3) is 23.6 Å². The molecule has 1 N–H and O–H groups in total. The van der Waals surface area contributed by atoms with Crippen LogP contribution in [0.4, 0.5) is 46.6 Å². The van der Waals surface area contributed by atoms with Crippen LogP contribution in [0.3, 0.4) is 0 Å². The third kappa shape index (κ3) is 5.10. The number of fused-ring (bicyclic) bond motifs is 5. The van der Waals surface area contributed by atoms with Crippen molar-refractivity contribution in [1.82, 2.24) is 9.99 Å². The number of allylic oxidation sites excluding steroid dienone is 2. The number of imide groups is 2. The molecule has 296 valence electrons. The second-order valence-corrected chi connectivity index (χ2v) is 15.6. The van der Waals surface area contributed by atoms with Crippen molar-refractivity contribution < 1.29 is 59.4 Å². The van der Waals surface area contributed by atoms with E-state index in [9.17, 15) is 50.6 Å². The summed E-state index contributed by atoms with van der Waals surface area (Å²) in [6.45, 7) is 0. The van der Waals surface area contributed by atoms with Gasteiger partial charge in [-0.3, -0.25) is 24.2 Å². The van der Waals surface area contributed by atoms with Gasteiger partial charge in [-0.1, -0.05) is 53.6 Å². The van der Waals surface area contributed by atoms with Crippen LogP contribution in [0.15, 0.2) is 60.2 Å². The summed E-state index contributed by atoms with van der Waals surface area (Å²) in [7, 11) is 1.07. The van der Waals surface area contributed by atoms with Crippen LogP contribution in [-0.4, -0.2) is 55.5 Å². The molecule has 4 aromatic rings. The van der Waals surface area contributed by atoms with E-state index in [0.717, 1.165) is 18.1 Å². The highest BCUT2D eigenvalue weighted by molar-refractivity contribution is 6.58. The van der Waals surface area contributed by atoms with Crippen LogP contribution in [0.2, 0.25) is 5.02 Å². The Morgan fingerprint density at radius 1 is 0.825 bits per heavy atom. The van der Waals surface area contributed by atoms with E-state index >= 15 is 8.78 Å². The molecule has 8 rings (SSSR count). The van der Waals surface area contributed by atoms with Crippen LogP contribution in [0, 0.1) is 46.8 Å². The third-order valence-electron chi connectivity index (χ3n) is 11.2. The first-order valence-electron chi connectivity index (χ1n) is 16.7. The fourth-order valence-electron chi connectivity index (χ4n) is 8.66. The molecule has 0 unspecified atom stereocenters. The van der Waals surface area contributed by atoms with Crippen molar-refractivity contribution >= 4 is 80.7 Å². The minimum atomic E-state index is -4.94. The van der Waals surface area contributed by atoms with Gasteiger partial charge in [0, 0.05) is 18.4 Å². The first-order chi connectivity index (χ1) is 26.7. The number of rotatable bonds is 4. The molecule has 0 bridgehead atoms. The molecule has 3 heterocycles. The average Bonchev–Trinajstić information content (AvgIpc) is 3.51. The van der Waals surface area contributed by atoms with Crippen molar-refractivity contribution in [2.45, 2.75) is 34.7 Å². The van der Waals surface area contributed by atoms with E-state index in [1.807, 2.05) is 0 Å². The molecule has 3 aromatic carbocycles. The maximum Gasteiger partial charge on any atom is 0.433 e. The summed E-state index contributed by atoms with van der Waals surface area (Å²) in [6, 6.07) is 10.0. The lowest BCUT2D eigenvalue weighted by molar-refractivity contribution is -0.141. The van der Waals surface area contributed by atoms with Crippen molar-refractivity contribution in [2.24, 2.45) is 17.8 Å². The van der Waals surface area contributed by atoms with Gasteiger partial charge in [-0.2, -0.15) is 18.2 Å². The predicted octanol–water partition coefficient (Wildman–Crippen LogP) is 7.92. The van der Waals surface area contributed by atoms with E-state index in [4.69, 9.17) is 34.8 Å². The average molecular weight is 860 g/mol. The summed E-state index contributed by atoms with van der Waals surface area (Å²) in [5.74, 6) is -24.6. The summed E-state index contributed by atoms with van der Waals surface area (Å²) in [4.78, 5) is 55.1. The number of hydrogen-bond acceptors (Lipinski definition) is 7. The van der Waals surface area contributed by atoms with Crippen molar-refractivity contribution in [3.8, 4) is 5.75 Å².